The van der Waals surface area contributed by atoms with E-state index in [1.165, 1.54) is 5.56 Å². The first-order valence-electron chi connectivity index (χ1n) is 11.1. The van der Waals surface area contributed by atoms with Crippen LogP contribution in [0.5, 0.6) is 0 Å². The van der Waals surface area contributed by atoms with Crippen LogP contribution in [0, 0.1) is 13.8 Å². The van der Waals surface area contributed by atoms with Crippen LogP contribution in [0.15, 0.2) is 70.4 Å². The van der Waals surface area contributed by atoms with E-state index >= 15 is 0 Å². The maximum Gasteiger partial charge on any atom is 0.345 e. The van der Waals surface area contributed by atoms with E-state index in [-0.39, 0.29) is 5.63 Å². The highest BCUT2D eigenvalue weighted by Gasteiger charge is 2.13. The fourth-order valence-corrected chi connectivity index (χ4v) is 4.07. The number of nitrogens with one attached hydrogen (secondary N) is 1. The average Bonchev–Trinajstić information content (AvgIpc) is 3.23. The Hall–Kier alpha value is -3.84. The van der Waals surface area contributed by atoms with Gasteiger partial charge in [-0.25, -0.2) is 9.78 Å². The van der Waals surface area contributed by atoms with Crippen LogP contribution in [0.4, 0.5) is 0 Å². The van der Waals surface area contributed by atoms with Gasteiger partial charge in [-0.1, -0.05) is 12.1 Å². The second-order valence-corrected chi connectivity index (χ2v) is 8.28. The summed E-state index contributed by atoms with van der Waals surface area (Å²) < 4.78 is 7.59. The van der Waals surface area contributed by atoms with Gasteiger partial charge in [0.25, 0.3) is 0 Å². The third-order valence-corrected chi connectivity index (χ3v) is 5.70. The van der Waals surface area contributed by atoms with Crippen LogP contribution in [0.2, 0.25) is 0 Å². The van der Waals surface area contributed by atoms with Crippen molar-refractivity contribution in [2.75, 3.05) is 6.54 Å². The van der Waals surface area contributed by atoms with E-state index in [9.17, 15) is 4.79 Å². The molecule has 5 aromatic rings. The molecule has 1 aromatic carbocycles. The SMILES string of the molecule is Cc1cn2cc(-c3cc4ccc(CCCNCc5ccncc5)cc4oc3=O)nc2c(C)n1. The van der Waals surface area contributed by atoms with Gasteiger partial charge in [-0.3, -0.25) is 9.97 Å². The van der Waals surface area contributed by atoms with E-state index in [1.807, 2.05) is 61.0 Å². The highest BCUT2D eigenvalue weighted by molar-refractivity contribution is 5.81. The van der Waals surface area contributed by atoms with Gasteiger partial charge in [0.2, 0.25) is 0 Å². The molecule has 0 bridgehead atoms. The van der Waals surface area contributed by atoms with Crippen LogP contribution >= 0.6 is 0 Å². The van der Waals surface area contributed by atoms with E-state index in [4.69, 9.17) is 4.42 Å². The van der Waals surface area contributed by atoms with Gasteiger partial charge in [0.15, 0.2) is 5.65 Å². The van der Waals surface area contributed by atoms with Gasteiger partial charge in [-0.15, -0.1) is 0 Å². The molecule has 0 amide bonds. The Bertz CT molecular complexity index is 1490. The summed E-state index contributed by atoms with van der Waals surface area (Å²) in [6.45, 7) is 5.59. The number of imidazole rings is 1. The standard InChI is InChI=1S/C26H25N5O2/c1-17-15-31-16-23(30-25(31)18(2)29-17)22-13-21-6-5-19(12-24(21)33-26(22)32)4-3-9-28-14-20-7-10-27-11-8-20/h5-8,10-13,15-16,28H,3-4,9,14H2,1-2H3. The lowest BCUT2D eigenvalue weighted by molar-refractivity contribution is 0.562. The number of hydrogen-bond donors (Lipinski definition) is 1. The predicted octanol–water partition coefficient (Wildman–Crippen LogP) is 4.24. The Morgan fingerprint density at radius 3 is 2.70 bits per heavy atom. The smallest absolute Gasteiger partial charge is 0.345 e. The lowest BCUT2D eigenvalue weighted by Crippen LogP contribution is -2.15. The molecule has 0 saturated carbocycles. The topological polar surface area (TPSA) is 85.3 Å². The van der Waals surface area contributed by atoms with Gasteiger partial charge in [0, 0.05) is 36.7 Å². The van der Waals surface area contributed by atoms with Gasteiger partial charge in [-0.05, 0) is 68.6 Å². The van der Waals surface area contributed by atoms with E-state index in [2.05, 4.69) is 26.3 Å². The second-order valence-electron chi connectivity index (χ2n) is 8.28. The van der Waals surface area contributed by atoms with Gasteiger partial charge < -0.3 is 14.1 Å². The molecule has 0 atom stereocenters. The Balaban J connectivity index is 1.30. The first-order valence-corrected chi connectivity index (χ1v) is 11.1. The van der Waals surface area contributed by atoms with Crippen LogP contribution in [0.1, 0.15) is 28.9 Å². The van der Waals surface area contributed by atoms with Crippen molar-refractivity contribution in [3.8, 4) is 11.3 Å². The molecule has 4 aromatic heterocycles. The highest BCUT2D eigenvalue weighted by atomic mass is 16.4. The summed E-state index contributed by atoms with van der Waals surface area (Å²) in [4.78, 5) is 25.9. The molecule has 5 rings (SSSR count). The van der Waals surface area contributed by atoms with Crippen molar-refractivity contribution in [2.45, 2.75) is 33.2 Å². The molecule has 4 heterocycles. The molecule has 0 saturated heterocycles. The lowest BCUT2D eigenvalue weighted by atomic mass is 10.1. The monoisotopic (exact) mass is 439 g/mol. The molecule has 0 unspecified atom stereocenters. The third kappa shape index (κ3) is 4.54. The van der Waals surface area contributed by atoms with Gasteiger partial charge in [-0.2, -0.15) is 0 Å². The van der Waals surface area contributed by atoms with E-state index in [0.29, 0.717) is 16.8 Å². The zero-order chi connectivity index (χ0) is 22.8. The summed E-state index contributed by atoms with van der Waals surface area (Å²) in [5.41, 5.74) is 6.09. The second kappa shape index (κ2) is 8.96. The molecule has 0 spiro atoms. The molecule has 7 nitrogen and oxygen atoms in total. The molecule has 1 N–H and O–H groups in total. The van der Waals surface area contributed by atoms with Gasteiger partial charge in [0.1, 0.15) is 5.58 Å². The van der Waals surface area contributed by atoms with Crippen molar-refractivity contribution in [2.24, 2.45) is 0 Å². The van der Waals surface area contributed by atoms with Crippen molar-refractivity contribution in [3.05, 3.63) is 94.1 Å². The fourth-order valence-electron chi connectivity index (χ4n) is 4.07. The van der Waals surface area contributed by atoms with E-state index in [1.54, 1.807) is 12.4 Å². The van der Waals surface area contributed by atoms with Crippen molar-refractivity contribution >= 4 is 16.6 Å². The summed E-state index contributed by atoms with van der Waals surface area (Å²) in [7, 11) is 0. The summed E-state index contributed by atoms with van der Waals surface area (Å²) in [5, 5.41) is 4.33. The van der Waals surface area contributed by atoms with Crippen LogP contribution in [0.3, 0.4) is 0 Å². The van der Waals surface area contributed by atoms with E-state index < -0.39 is 0 Å². The number of benzene rings is 1. The third-order valence-electron chi connectivity index (χ3n) is 5.70. The summed E-state index contributed by atoms with van der Waals surface area (Å²) in [6.07, 6.45) is 9.26. The van der Waals surface area contributed by atoms with Gasteiger partial charge >= 0.3 is 5.63 Å². The number of pyridine rings is 1. The average molecular weight is 440 g/mol. The maximum atomic E-state index is 12.8. The Kier molecular flexibility index (Phi) is 5.71. The Morgan fingerprint density at radius 1 is 1.00 bits per heavy atom. The zero-order valence-corrected chi connectivity index (χ0v) is 18.7. The zero-order valence-electron chi connectivity index (χ0n) is 18.7. The molecule has 7 heteroatoms. The number of aromatic nitrogens is 4. The van der Waals surface area contributed by atoms with Crippen LogP contribution in [-0.4, -0.2) is 25.9 Å². The minimum atomic E-state index is -0.385. The molecule has 0 fully saturated rings. The molecule has 166 valence electrons. The van der Waals surface area contributed by atoms with E-state index in [0.717, 1.165) is 53.9 Å². The first-order chi connectivity index (χ1) is 16.1. The minimum Gasteiger partial charge on any atom is -0.422 e. The number of rotatable bonds is 7. The molecule has 33 heavy (non-hydrogen) atoms. The maximum absolute atomic E-state index is 12.8. The summed E-state index contributed by atoms with van der Waals surface area (Å²) >= 11 is 0. The minimum absolute atomic E-state index is 0.385. The molecule has 0 aliphatic rings. The van der Waals surface area contributed by atoms with Crippen LogP contribution < -0.4 is 10.9 Å². The molecular formula is C26H25N5O2. The Morgan fingerprint density at radius 2 is 1.85 bits per heavy atom. The largest absolute Gasteiger partial charge is 0.422 e. The van der Waals surface area contributed by atoms with Crippen molar-refractivity contribution in [1.82, 2.24) is 24.7 Å². The Labute approximate surface area is 191 Å². The summed E-state index contributed by atoms with van der Waals surface area (Å²) in [5.74, 6) is 0. The van der Waals surface area contributed by atoms with Crippen LogP contribution in [-0.2, 0) is 13.0 Å². The molecule has 0 aliphatic carbocycles. The highest BCUT2D eigenvalue weighted by Crippen LogP contribution is 2.23. The first kappa shape index (κ1) is 21.0. The molecule has 0 radical (unpaired) electrons. The summed E-state index contributed by atoms with van der Waals surface area (Å²) in [6, 6.07) is 11.9. The number of aryl methyl sites for hydroxylation is 3. The molecular weight excluding hydrogens is 414 g/mol. The van der Waals surface area contributed by atoms with Crippen molar-refractivity contribution < 1.29 is 4.42 Å². The normalized spacial score (nSPS) is 11.5. The van der Waals surface area contributed by atoms with Gasteiger partial charge in [0.05, 0.1) is 22.6 Å². The fraction of sp³-hybridized carbons (Fsp3) is 0.231. The van der Waals surface area contributed by atoms with Crippen LogP contribution in [0.25, 0.3) is 27.9 Å². The lowest BCUT2D eigenvalue weighted by Gasteiger charge is -2.06. The quantitative estimate of drug-likeness (QED) is 0.302. The van der Waals surface area contributed by atoms with Crippen molar-refractivity contribution in [3.63, 3.8) is 0 Å². The van der Waals surface area contributed by atoms with Crippen molar-refractivity contribution in [1.29, 1.82) is 0 Å². The number of fused-ring (bicyclic) bond motifs is 2. The number of nitrogens with zero attached hydrogens (tertiary/aromatic N) is 4. The number of hydrogen-bond acceptors (Lipinski definition) is 6. The predicted molar refractivity (Wildman–Crippen MR) is 128 cm³/mol. The molecule has 0 aliphatic heterocycles.